The molecular weight excluding hydrogens is 396 g/mol. The highest BCUT2D eigenvalue weighted by Crippen LogP contribution is 2.22. The van der Waals surface area contributed by atoms with Gasteiger partial charge < -0.3 is 9.05 Å². The fourth-order valence-electron chi connectivity index (χ4n) is 2.65. The van der Waals surface area contributed by atoms with Gasteiger partial charge in [-0.2, -0.15) is 8.42 Å². The predicted octanol–water partition coefficient (Wildman–Crippen LogP) is 1.22. The Morgan fingerprint density at radius 2 is 1.44 bits per heavy atom. The van der Waals surface area contributed by atoms with Crippen LogP contribution >= 0.6 is 0 Å². The first-order valence-electron chi connectivity index (χ1n) is 7.65. The van der Waals surface area contributed by atoms with Gasteiger partial charge in [-0.15, -0.1) is 4.40 Å². The van der Waals surface area contributed by atoms with Gasteiger partial charge in [-0.05, 0) is 39.8 Å². The van der Waals surface area contributed by atoms with Gasteiger partial charge >= 0.3 is 0 Å². The molecule has 0 atom stereocenters. The van der Waals surface area contributed by atoms with Crippen molar-refractivity contribution in [3.8, 4) is 0 Å². The van der Waals surface area contributed by atoms with Gasteiger partial charge in [-0.1, -0.05) is 16.4 Å². The van der Waals surface area contributed by atoms with Crippen LogP contribution in [0, 0.1) is 27.7 Å². The monoisotopic (exact) mass is 412 g/mol. The lowest BCUT2D eigenvalue weighted by Gasteiger charge is -2.08. The van der Waals surface area contributed by atoms with Crippen LogP contribution in [-0.2, 0) is 20.0 Å². The van der Waals surface area contributed by atoms with Crippen molar-refractivity contribution in [2.24, 2.45) is 4.40 Å². The zero-order chi connectivity index (χ0) is 20.0. The number of hydrogen-bond acceptors (Lipinski definition) is 8. The molecule has 0 aliphatic carbocycles. The second-order valence-corrected chi connectivity index (χ2v) is 9.03. The first-order chi connectivity index (χ1) is 12.6. The van der Waals surface area contributed by atoms with Crippen LogP contribution < -0.4 is 5.49 Å². The molecule has 0 saturated carbocycles. The highest BCUT2D eigenvalue weighted by Gasteiger charge is 2.28. The predicted molar refractivity (Wildman–Crippen MR) is 91.7 cm³/mol. The van der Waals surface area contributed by atoms with Crippen molar-refractivity contribution in [3.05, 3.63) is 52.8 Å². The van der Waals surface area contributed by atoms with Gasteiger partial charge in [-0.25, -0.2) is 12.4 Å². The molecule has 3 aromatic rings. The summed E-state index contributed by atoms with van der Waals surface area (Å²) < 4.78 is 65.7. The van der Waals surface area contributed by atoms with E-state index in [1.165, 1.54) is 52.1 Å². The molecule has 0 amide bonds. The fourth-order valence-corrected chi connectivity index (χ4v) is 5.58. The van der Waals surface area contributed by atoms with E-state index < -0.39 is 20.0 Å². The zero-order valence-electron chi connectivity index (χ0n) is 14.9. The highest BCUT2D eigenvalue weighted by molar-refractivity contribution is 7.90. The lowest BCUT2D eigenvalue weighted by Crippen LogP contribution is -2.29. The summed E-state index contributed by atoms with van der Waals surface area (Å²) in [5, 5.41) is 7.24. The summed E-state index contributed by atoms with van der Waals surface area (Å²) in [6.45, 7) is 5.82. The molecule has 0 aliphatic rings. The van der Waals surface area contributed by atoms with Gasteiger partial charge in [0.25, 0.3) is 20.0 Å². The average Bonchev–Trinajstić information content (AvgIpc) is 3.09. The number of hydrogen-bond donors (Lipinski definition) is 0. The highest BCUT2D eigenvalue weighted by atomic mass is 32.2. The zero-order valence-corrected chi connectivity index (χ0v) is 16.5. The van der Waals surface area contributed by atoms with E-state index in [9.17, 15) is 16.8 Å². The second kappa shape index (κ2) is 6.46. The average molecular weight is 412 g/mol. The van der Waals surface area contributed by atoms with Crippen molar-refractivity contribution in [3.63, 3.8) is 0 Å². The lowest BCUT2D eigenvalue weighted by atomic mass is 10.4. The van der Waals surface area contributed by atoms with Crippen LogP contribution in [0.15, 0.2) is 47.6 Å². The fraction of sp³-hybridized carbons (Fsp3) is 0.267. The van der Waals surface area contributed by atoms with Gasteiger partial charge in [0.05, 0.1) is 0 Å². The van der Waals surface area contributed by atoms with Crippen LogP contribution in [0.2, 0.25) is 0 Å². The van der Waals surface area contributed by atoms with E-state index in [2.05, 4.69) is 14.7 Å². The molecule has 3 heterocycles. The van der Waals surface area contributed by atoms with Crippen molar-refractivity contribution in [1.82, 2.24) is 14.3 Å². The smallest absolute Gasteiger partial charge is 0.289 e. The largest absolute Gasteiger partial charge is 0.360 e. The maximum Gasteiger partial charge on any atom is 0.289 e. The maximum absolute atomic E-state index is 13.0. The minimum absolute atomic E-state index is 0.0623. The number of rotatable bonds is 4. The minimum atomic E-state index is -4.26. The molecular formula is C15H16N4O6S2. The SMILES string of the molecule is Cc1noc(C)c1S(=O)(=O)N=c1ccccn1S(=O)(=O)c1c(C)noc1C. The van der Waals surface area contributed by atoms with Gasteiger partial charge in [0.1, 0.15) is 11.4 Å². The standard InChI is InChI=1S/C15H16N4O6S2/c1-9-14(11(3)24-16-9)26(20,21)18-13-7-5-6-8-19(13)27(22,23)15-10(2)17-25-12(15)4/h5-8H,1-4H3. The Morgan fingerprint density at radius 3 is 1.96 bits per heavy atom. The molecule has 3 rings (SSSR count). The van der Waals surface area contributed by atoms with E-state index in [1.54, 1.807) is 0 Å². The summed E-state index contributed by atoms with van der Waals surface area (Å²) in [5.74, 6) is 0.149. The molecule has 144 valence electrons. The van der Waals surface area contributed by atoms with Crippen LogP contribution in [0.25, 0.3) is 0 Å². The molecule has 27 heavy (non-hydrogen) atoms. The van der Waals surface area contributed by atoms with Crippen molar-refractivity contribution in [1.29, 1.82) is 0 Å². The third-order valence-corrected chi connectivity index (χ3v) is 7.18. The third-order valence-electron chi connectivity index (χ3n) is 3.73. The number of nitrogens with zero attached hydrogens (tertiary/aromatic N) is 4. The van der Waals surface area contributed by atoms with Crippen molar-refractivity contribution in [2.45, 2.75) is 37.5 Å². The van der Waals surface area contributed by atoms with E-state index in [-0.39, 0.29) is 38.2 Å². The van der Waals surface area contributed by atoms with E-state index in [4.69, 9.17) is 9.05 Å². The van der Waals surface area contributed by atoms with Crippen molar-refractivity contribution >= 4 is 20.0 Å². The Hall–Kier alpha value is -2.73. The van der Waals surface area contributed by atoms with Gasteiger partial charge in [-0.3, -0.25) is 0 Å². The molecule has 0 fully saturated rings. The van der Waals surface area contributed by atoms with Gasteiger partial charge in [0, 0.05) is 6.20 Å². The van der Waals surface area contributed by atoms with Crippen molar-refractivity contribution in [2.75, 3.05) is 0 Å². The van der Waals surface area contributed by atoms with Crippen LogP contribution in [0.3, 0.4) is 0 Å². The molecule has 0 N–H and O–H groups in total. The minimum Gasteiger partial charge on any atom is -0.360 e. The number of pyridine rings is 1. The summed E-state index contributed by atoms with van der Waals surface area (Å²) in [7, 11) is -8.44. The number of aromatic nitrogens is 3. The first kappa shape index (κ1) is 19.0. The van der Waals surface area contributed by atoms with Gasteiger partial charge in [0.2, 0.25) is 0 Å². The van der Waals surface area contributed by atoms with E-state index in [0.29, 0.717) is 0 Å². The number of aryl methyl sites for hydroxylation is 4. The Kier molecular flexibility index (Phi) is 4.56. The maximum atomic E-state index is 13.0. The van der Waals surface area contributed by atoms with E-state index in [0.717, 1.165) is 3.97 Å². The van der Waals surface area contributed by atoms with E-state index >= 15 is 0 Å². The lowest BCUT2D eigenvalue weighted by molar-refractivity contribution is 0.390. The molecule has 0 aliphatic heterocycles. The number of sulfonamides is 1. The molecule has 0 aromatic carbocycles. The van der Waals surface area contributed by atoms with Crippen LogP contribution in [0.5, 0.6) is 0 Å². The molecule has 0 spiro atoms. The Bertz CT molecular complexity index is 1260. The van der Waals surface area contributed by atoms with Gasteiger partial charge in [0.15, 0.2) is 26.8 Å². The molecule has 0 saturated heterocycles. The van der Waals surface area contributed by atoms with Crippen molar-refractivity contribution < 1.29 is 25.9 Å². The Labute approximate surface area is 155 Å². The second-order valence-electron chi connectivity index (χ2n) is 5.73. The summed E-state index contributed by atoms with van der Waals surface area (Å²) in [4.78, 5) is -0.350. The summed E-state index contributed by atoms with van der Waals surface area (Å²) in [5.41, 5.74) is -0.0202. The molecule has 3 aromatic heterocycles. The van der Waals surface area contributed by atoms with Crippen LogP contribution in [0.4, 0.5) is 0 Å². The summed E-state index contributed by atoms with van der Waals surface area (Å²) in [6.07, 6.45) is 1.20. The quantitative estimate of drug-likeness (QED) is 0.623. The van der Waals surface area contributed by atoms with E-state index in [1.807, 2.05) is 0 Å². The normalized spacial score (nSPS) is 13.3. The molecule has 0 radical (unpaired) electrons. The molecule has 0 bridgehead atoms. The van der Waals surface area contributed by atoms with Crippen LogP contribution in [-0.4, -0.2) is 31.1 Å². The summed E-state index contributed by atoms with van der Waals surface area (Å²) in [6, 6.07) is 4.18. The molecule has 10 nitrogen and oxygen atoms in total. The molecule has 12 heteroatoms. The Morgan fingerprint density at radius 1 is 0.889 bits per heavy atom. The Balaban J connectivity index is 2.29. The third kappa shape index (κ3) is 3.21. The molecule has 0 unspecified atom stereocenters. The summed E-state index contributed by atoms with van der Waals surface area (Å²) >= 11 is 0. The topological polar surface area (TPSA) is 138 Å². The first-order valence-corrected chi connectivity index (χ1v) is 10.5. The van der Waals surface area contributed by atoms with Crippen LogP contribution in [0.1, 0.15) is 22.9 Å².